The first-order valence-electron chi connectivity index (χ1n) is 12.1. The first kappa shape index (κ1) is 24.8. The average molecular weight is 495 g/mol. The van der Waals surface area contributed by atoms with E-state index in [1.807, 2.05) is 0 Å². The second-order valence-electron chi connectivity index (χ2n) is 9.23. The van der Waals surface area contributed by atoms with E-state index in [1.165, 1.54) is 59.8 Å². The van der Waals surface area contributed by atoms with Gasteiger partial charge < -0.3 is 4.90 Å². The van der Waals surface area contributed by atoms with Crippen molar-refractivity contribution in [1.82, 2.24) is 4.90 Å². The van der Waals surface area contributed by atoms with Crippen molar-refractivity contribution in [2.24, 2.45) is 10.9 Å². The molecule has 178 valence electrons. The zero-order valence-corrected chi connectivity index (χ0v) is 21.5. The molecule has 1 aliphatic carbocycles. The van der Waals surface area contributed by atoms with Gasteiger partial charge in [0.05, 0.1) is 10.7 Å². The molecule has 0 aliphatic heterocycles. The smallest absolute Gasteiger partial charge is 0.169 e. The third-order valence-corrected chi connectivity index (χ3v) is 7.85. The van der Waals surface area contributed by atoms with Gasteiger partial charge in [-0.1, -0.05) is 90.7 Å². The second kappa shape index (κ2) is 11.9. The maximum atomic E-state index is 13.8. The van der Waals surface area contributed by atoms with Crippen LogP contribution >= 0.6 is 23.4 Å². The Hall–Kier alpha value is -2.30. The van der Waals surface area contributed by atoms with Crippen LogP contribution < -0.4 is 0 Å². The summed E-state index contributed by atoms with van der Waals surface area (Å²) in [5.74, 6) is 0.228. The lowest BCUT2D eigenvalue weighted by Gasteiger charge is -2.32. The minimum Gasteiger partial charge on any atom is -0.346 e. The molecule has 0 aromatic heterocycles. The van der Waals surface area contributed by atoms with Crippen LogP contribution in [0.1, 0.15) is 48.8 Å². The van der Waals surface area contributed by atoms with Crippen molar-refractivity contribution in [3.05, 3.63) is 94.3 Å². The Kier molecular flexibility index (Phi) is 8.69. The Balaban J connectivity index is 1.73. The molecule has 0 spiro atoms. The van der Waals surface area contributed by atoms with Crippen molar-refractivity contribution in [2.45, 2.75) is 57.4 Å². The molecule has 0 radical (unpaired) electrons. The fourth-order valence-corrected chi connectivity index (χ4v) is 5.68. The van der Waals surface area contributed by atoms with E-state index in [2.05, 4.69) is 67.3 Å². The molecule has 0 N–H and O–H groups in total. The molecule has 0 atom stereocenters. The molecule has 3 aromatic rings. The lowest BCUT2D eigenvalue weighted by molar-refractivity contribution is 0.272. The highest BCUT2D eigenvalue weighted by atomic mass is 35.5. The van der Waals surface area contributed by atoms with Crippen molar-refractivity contribution >= 4 is 34.2 Å². The van der Waals surface area contributed by atoms with E-state index in [1.54, 1.807) is 23.9 Å². The monoisotopic (exact) mass is 494 g/mol. The number of halogens is 2. The molecular weight excluding hydrogens is 463 g/mol. The second-order valence-corrected chi connectivity index (χ2v) is 10.7. The van der Waals surface area contributed by atoms with Crippen molar-refractivity contribution in [1.29, 1.82) is 0 Å². The number of hydrogen-bond donors (Lipinski definition) is 0. The van der Waals surface area contributed by atoms with Crippen LogP contribution in [0, 0.1) is 25.6 Å². The molecule has 1 saturated carbocycles. The summed E-state index contributed by atoms with van der Waals surface area (Å²) < 4.78 is 13.8. The highest BCUT2D eigenvalue weighted by Crippen LogP contribution is 2.32. The summed E-state index contributed by atoms with van der Waals surface area (Å²) in [7, 11) is 0. The van der Waals surface area contributed by atoms with Gasteiger partial charge in [0.1, 0.15) is 5.82 Å². The van der Waals surface area contributed by atoms with Crippen molar-refractivity contribution in [3.63, 3.8) is 0 Å². The fourth-order valence-electron chi connectivity index (χ4n) is 4.53. The van der Waals surface area contributed by atoms with E-state index < -0.39 is 5.82 Å². The summed E-state index contributed by atoms with van der Waals surface area (Å²) in [5, 5.41) is 1.02. The van der Waals surface area contributed by atoms with E-state index in [-0.39, 0.29) is 5.02 Å². The Morgan fingerprint density at radius 3 is 2.47 bits per heavy atom. The SMILES string of the molecule is Cc1ccc(SC(=Nc2ccc(F)c(Cl)c2)N(Cc2ccccc2)CC2CCCCC2)c(C)c1. The van der Waals surface area contributed by atoms with E-state index in [4.69, 9.17) is 16.6 Å². The molecule has 5 heteroatoms. The minimum absolute atomic E-state index is 0.0963. The van der Waals surface area contributed by atoms with Gasteiger partial charge in [0, 0.05) is 18.0 Å². The van der Waals surface area contributed by atoms with E-state index in [9.17, 15) is 4.39 Å². The van der Waals surface area contributed by atoms with Gasteiger partial charge in [-0.3, -0.25) is 0 Å². The number of rotatable bonds is 6. The van der Waals surface area contributed by atoms with Crippen LogP contribution in [0.4, 0.5) is 10.1 Å². The summed E-state index contributed by atoms with van der Waals surface area (Å²) in [6, 6.07) is 21.8. The van der Waals surface area contributed by atoms with Crippen LogP contribution in [0.15, 0.2) is 76.6 Å². The number of aliphatic imine (C=N–C) groups is 1. The molecule has 2 nitrogen and oxygen atoms in total. The third kappa shape index (κ3) is 6.86. The fraction of sp³-hybridized carbons (Fsp3) is 0.345. The maximum absolute atomic E-state index is 13.8. The first-order chi connectivity index (χ1) is 16.5. The van der Waals surface area contributed by atoms with Crippen LogP contribution in [0.2, 0.25) is 5.02 Å². The highest BCUT2D eigenvalue weighted by molar-refractivity contribution is 8.13. The number of benzene rings is 3. The number of amidine groups is 1. The zero-order valence-electron chi connectivity index (χ0n) is 19.9. The average Bonchev–Trinajstić information content (AvgIpc) is 2.83. The quantitative estimate of drug-likeness (QED) is 0.193. The van der Waals surface area contributed by atoms with Crippen LogP contribution in [0.5, 0.6) is 0 Å². The molecule has 4 rings (SSSR count). The number of thioether (sulfide) groups is 1. The highest BCUT2D eigenvalue weighted by Gasteiger charge is 2.22. The largest absolute Gasteiger partial charge is 0.346 e. The van der Waals surface area contributed by atoms with Gasteiger partial charge in [-0.25, -0.2) is 9.38 Å². The molecule has 1 aliphatic rings. The van der Waals surface area contributed by atoms with Crippen LogP contribution in [-0.2, 0) is 6.54 Å². The third-order valence-electron chi connectivity index (χ3n) is 6.35. The maximum Gasteiger partial charge on any atom is 0.169 e. The standard InChI is InChI=1S/C29H32ClFN2S/c1-21-13-16-28(22(2)17-21)34-29(32-25-14-15-27(31)26(30)18-25)33(19-23-9-5-3-6-10-23)20-24-11-7-4-8-12-24/h3,5-6,9-10,13-18,24H,4,7-8,11-12,19-20H2,1-2H3. The Morgan fingerprint density at radius 1 is 1.00 bits per heavy atom. The van der Waals surface area contributed by atoms with Gasteiger partial charge in [0.15, 0.2) is 5.17 Å². The Labute approximate surface area is 212 Å². The molecule has 0 saturated heterocycles. The van der Waals surface area contributed by atoms with Gasteiger partial charge in [-0.05, 0) is 68.0 Å². The lowest BCUT2D eigenvalue weighted by Crippen LogP contribution is -2.34. The van der Waals surface area contributed by atoms with Crippen molar-refractivity contribution < 1.29 is 4.39 Å². The summed E-state index contributed by atoms with van der Waals surface area (Å²) in [4.78, 5) is 8.62. The summed E-state index contributed by atoms with van der Waals surface area (Å²) >= 11 is 7.78. The van der Waals surface area contributed by atoms with Crippen LogP contribution in [-0.4, -0.2) is 16.6 Å². The molecular formula is C29H32ClFN2S. The van der Waals surface area contributed by atoms with Crippen LogP contribution in [0.3, 0.4) is 0 Å². The molecule has 0 bridgehead atoms. The van der Waals surface area contributed by atoms with Crippen molar-refractivity contribution in [3.8, 4) is 0 Å². The minimum atomic E-state index is -0.424. The Morgan fingerprint density at radius 2 is 1.76 bits per heavy atom. The molecule has 1 fully saturated rings. The zero-order chi connectivity index (χ0) is 23.9. The predicted octanol–water partition coefficient (Wildman–Crippen LogP) is 8.96. The summed E-state index contributed by atoms with van der Waals surface area (Å²) in [6.45, 7) is 6.00. The van der Waals surface area contributed by atoms with E-state index >= 15 is 0 Å². The van der Waals surface area contributed by atoms with Gasteiger partial charge in [0.25, 0.3) is 0 Å². The van der Waals surface area contributed by atoms with Crippen LogP contribution in [0.25, 0.3) is 0 Å². The van der Waals surface area contributed by atoms with Gasteiger partial charge in [-0.2, -0.15) is 0 Å². The topological polar surface area (TPSA) is 15.6 Å². The van der Waals surface area contributed by atoms with Crippen molar-refractivity contribution in [2.75, 3.05) is 6.54 Å². The molecule has 0 amide bonds. The van der Waals surface area contributed by atoms with E-state index in [0.717, 1.165) is 18.3 Å². The lowest BCUT2D eigenvalue weighted by atomic mass is 9.89. The summed E-state index contributed by atoms with van der Waals surface area (Å²) in [6.07, 6.45) is 6.45. The predicted molar refractivity (Wildman–Crippen MR) is 144 cm³/mol. The molecule has 3 aromatic carbocycles. The molecule has 0 heterocycles. The van der Waals surface area contributed by atoms with Gasteiger partial charge >= 0.3 is 0 Å². The summed E-state index contributed by atoms with van der Waals surface area (Å²) in [5.41, 5.74) is 4.39. The van der Waals surface area contributed by atoms with Gasteiger partial charge in [-0.15, -0.1) is 0 Å². The molecule has 34 heavy (non-hydrogen) atoms. The number of aryl methyl sites for hydroxylation is 2. The number of hydrogen-bond acceptors (Lipinski definition) is 2. The number of nitrogens with zero attached hydrogens (tertiary/aromatic N) is 2. The Bertz CT molecular complexity index is 1130. The van der Waals surface area contributed by atoms with Gasteiger partial charge in [0.2, 0.25) is 0 Å². The van der Waals surface area contributed by atoms with E-state index in [0.29, 0.717) is 11.6 Å². The normalized spacial score (nSPS) is 14.9. The first-order valence-corrected chi connectivity index (χ1v) is 13.2. The molecule has 0 unspecified atom stereocenters.